The third kappa shape index (κ3) is 6.44. The highest BCUT2D eigenvalue weighted by Crippen LogP contribution is 2.11. The average Bonchev–Trinajstić information content (AvgIpc) is 2.52. The van der Waals surface area contributed by atoms with Crippen LogP contribution in [0.25, 0.3) is 0 Å². The molecule has 0 spiro atoms. The Labute approximate surface area is 126 Å². The number of hydrogen-bond acceptors (Lipinski definition) is 5. The fourth-order valence-corrected chi connectivity index (χ4v) is 2.22. The number of nitrogens with zero attached hydrogens (tertiary/aromatic N) is 1. The maximum absolute atomic E-state index is 9.88. The molecule has 1 unspecified atom stereocenters. The number of morpholine rings is 1. The molecule has 1 aliphatic heterocycles. The van der Waals surface area contributed by atoms with E-state index in [1.165, 1.54) is 5.56 Å². The summed E-state index contributed by atoms with van der Waals surface area (Å²) in [6.07, 6.45) is -0.490. The van der Waals surface area contributed by atoms with Crippen LogP contribution in [0.5, 0.6) is 5.75 Å². The zero-order chi connectivity index (χ0) is 14.9. The first-order valence-corrected chi connectivity index (χ1v) is 7.62. The maximum atomic E-state index is 9.88. The Morgan fingerprint density at radius 1 is 1.29 bits per heavy atom. The van der Waals surface area contributed by atoms with E-state index in [4.69, 9.17) is 9.47 Å². The molecule has 0 radical (unpaired) electrons. The normalized spacial score (nSPS) is 17.6. The van der Waals surface area contributed by atoms with Crippen LogP contribution < -0.4 is 10.1 Å². The highest BCUT2D eigenvalue weighted by Gasteiger charge is 2.10. The molecule has 5 heteroatoms. The Morgan fingerprint density at radius 3 is 2.71 bits per heavy atom. The van der Waals surface area contributed by atoms with E-state index >= 15 is 0 Å². The minimum Gasteiger partial charge on any atom is -0.491 e. The second kappa shape index (κ2) is 9.00. The van der Waals surface area contributed by atoms with Gasteiger partial charge in [0.1, 0.15) is 18.5 Å². The fourth-order valence-electron chi connectivity index (χ4n) is 2.22. The third-order valence-electron chi connectivity index (χ3n) is 3.55. The van der Waals surface area contributed by atoms with E-state index in [2.05, 4.69) is 10.2 Å². The Hall–Kier alpha value is -1.14. The Bertz CT molecular complexity index is 391. The first kappa shape index (κ1) is 16.2. The summed E-state index contributed by atoms with van der Waals surface area (Å²) in [5.41, 5.74) is 1.20. The standard InChI is InChI=1S/C16H26N2O3/c1-14-2-4-16(5-3-14)21-13-15(19)12-17-6-7-18-8-10-20-11-9-18/h2-5,15,17,19H,6-13H2,1H3. The summed E-state index contributed by atoms with van der Waals surface area (Å²) in [5.74, 6) is 0.799. The Kier molecular flexibility index (Phi) is 6.95. The Balaban J connectivity index is 1.52. The van der Waals surface area contributed by atoms with Gasteiger partial charge in [0, 0.05) is 32.7 Å². The van der Waals surface area contributed by atoms with Crippen LogP contribution in [0.1, 0.15) is 5.56 Å². The van der Waals surface area contributed by atoms with Crippen molar-refractivity contribution in [1.82, 2.24) is 10.2 Å². The molecule has 1 saturated heterocycles. The van der Waals surface area contributed by atoms with Crippen molar-refractivity contribution in [1.29, 1.82) is 0 Å². The zero-order valence-electron chi connectivity index (χ0n) is 12.8. The Morgan fingerprint density at radius 2 is 2.00 bits per heavy atom. The van der Waals surface area contributed by atoms with Crippen LogP contribution in [0.2, 0.25) is 0 Å². The smallest absolute Gasteiger partial charge is 0.119 e. The van der Waals surface area contributed by atoms with Gasteiger partial charge in [0.05, 0.1) is 13.2 Å². The second-order valence-corrected chi connectivity index (χ2v) is 5.44. The van der Waals surface area contributed by atoms with Crippen molar-refractivity contribution in [3.8, 4) is 5.75 Å². The van der Waals surface area contributed by atoms with Crippen LogP contribution in [-0.2, 0) is 4.74 Å². The first-order chi connectivity index (χ1) is 10.2. The van der Waals surface area contributed by atoms with Crippen LogP contribution in [0.3, 0.4) is 0 Å². The molecule has 0 aromatic heterocycles. The van der Waals surface area contributed by atoms with Crippen molar-refractivity contribution in [2.45, 2.75) is 13.0 Å². The lowest BCUT2D eigenvalue weighted by Crippen LogP contribution is -2.41. The van der Waals surface area contributed by atoms with Gasteiger partial charge >= 0.3 is 0 Å². The van der Waals surface area contributed by atoms with E-state index < -0.39 is 6.10 Å². The number of ether oxygens (including phenoxy) is 2. The van der Waals surface area contributed by atoms with Gasteiger partial charge in [0.2, 0.25) is 0 Å². The average molecular weight is 294 g/mol. The molecule has 2 rings (SSSR count). The SMILES string of the molecule is Cc1ccc(OCC(O)CNCCN2CCOCC2)cc1. The van der Waals surface area contributed by atoms with Crippen molar-refractivity contribution in [3.05, 3.63) is 29.8 Å². The summed E-state index contributed by atoms with van der Waals surface area (Å²) in [4.78, 5) is 2.37. The zero-order valence-corrected chi connectivity index (χ0v) is 12.8. The van der Waals surface area contributed by atoms with Crippen LogP contribution >= 0.6 is 0 Å². The van der Waals surface area contributed by atoms with E-state index in [0.717, 1.165) is 45.1 Å². The molecule has 1 fully saturated rings. The van der Waals surface area contributed by atoms with Crippen molar-refractivity contribution < 1.29 is 14.6 Å². The summed E-state index contributed by atoms with van der Waals surface area (Å²) in [5, 5.41) is 13.1. The van der Waals surface area contributed by atoms with Crippen molar-refractivity contribution in [2.75, 3.05) is 52.5 Å². The quantitative estimate of drug-likeness (QED) is 0.690. The van der Waals surface area contributed by atoms with Gasteiger partial charge in [0.15, 0.2) is 0 Å². The molecule has 1 aliphatic rings. The third-order valence-corrected chi connectivity index (χ3v) is 3.55. The molecule has 0 saturated carbocycles. The molecular weight excluding hydrogens is 268 g/mol. The van der Waals surface area contributed by atoms with E-state index in [-0.39, 0.29) is 0 Å². The minimum atomic E-state index is -0.490. The van der Waals surface area contributed by atoms with Crippen molar-refractivity contribution in [3.63, 3.8) is 0 Å². The van der Waals surface area contributed by atoms with Gasteiger partial charge in [-0.1, -0.05) is 17.7 Å². The van der Waals surface area contributed by atoms with E-state index in [9.17, 15) is 5.11 Å². The van der Waals surface area contributed by atoms with Gasteiger partial charge in [-0.2, -0.15) is 0 Å². The highest BCUT2D eigenvalue weighted by atomic mass is 16.5. The monoisotopic (exact) mass is 294 g/mol. The largest absolute Gasteiger partial charge is 0.491 e. The van der Waals surface area contributed by atoms with Crippen molar-refractivity contribution >= 4 is 0 Å². The minimum absolute atomic E-state index is 0.313. The maximum Gasteiger partial charge on any atom is 0.119 e. The summed E-state index contributed by atoms with van der Waals surface area (Å²) < 4.78 is 10.9. The number of rotatable bonds is 8. The summed E-state index contributed by atoms with van der Waals surface area (Å²) in [6, 6.07) is 7.85. The summed E-state index contributed by atoms with van der Waals surface area (Å²) >= 11 is 0. The van der Waals surface area contributed by atoms with Crippen LogP contribution in [-0.4, -0.2) is 68.7 Å². The molecule has 118 valence electrons. The molecule has 1 aromatic carbocycles. The van der Waals surface area contributed by atoms with Crippen LogP contribution in [0.15, 0.2) is 24.3 Å². The summed E-state index contributed by atoms with van der Waals surface area (Å²) in [7, 11) is 0. The lowest BCUT2D eigenvalue weighted by molar-refractivity contribution is 0.0376. The topological polar surface area (TPSA) is 54.0 Å². The number of aliphatic hydroxyl groups excluding tert-OH is 1. The molecule has 1 aromatic rings. The number of hydrogen-bond donors (Lipinski definition) is 2. The van der Waals surface area contributed by atoms with Crippen LogP contribution in [0.4, 0.5) is 0 Å². The molecule has 0 bridgehead atoms. The molecule has 0 aliphatic carbocycles. The van der Waals surface area contributed by atoms with Crippen LogP contribution in [0, 0.1) is 6.92 Å². The van der Waals surface area contributed by atoms with Gasteiger partial charge in [-0.25, -0.2) is 0 Å². The number of aryl methyl sites for hydroxylation is 1. The van der Waals surface area contributed by atoms with E-state index in [1.54, 1.807) is 0 Å². The molecule has 1 atom stereocenters. The lowest BCUT2D eigenvalue weighted by atomic mass is 10.2. The van der Waals surface area contributed by atoms with Crippen molar-refractivity contribution in [2.24, 2.45) is 0 Å². The van der Waals surface area contributed by atoms with Gasteiger partial charge in [-0.05, 0) is 19.1 Å². The highest BCUT2D eigenvalue weighted by molar-refractivity contribution is 5.26. The first-order valence-electron chi connectivity index (χ1n) is 7.62. The van der Waals surface area contributed by atoms with Gasteiger partial charge in [-0.15, -0.1) is 0 Å². The number of nitrogens with one attached hydrogen (secondary N) is 1. The predicted octanol–water partition coefficient (Wildman–Crippen LogP) is 0.657. The molecule has 5 nitrogen and oxygen atoms in total. The fraction of sp³-hybridized carbons (Fsp3) is 0.625. The number of aliphatic hydroxyl groups is 1. The lowest BCUT2D eigenvalue weighted by Gasteiger charge is -2.26. The molecule has 1 heterocycles. The predicted molar refractivity (Wildman–Crippen MR) is 82.8 cm³/mol. The van der Waals surface area contributed by atoms with E-state index in [1.807, 2.05) is 31.2 Å². The van der Waals surface area contributed by atoms with Gasteiger partial charge in [-0.3, -0.25) is 4.90 Å². The van der Waals surface area contributed by atoms with Gasteiger partial charge in [0.25, 0.3) is 0 Å². The summed E-state index contributed by atoms with van der Waals surface area (Å²) in [6.45, 7) is 8.43. The molecule has 2 N–H and O–H groups in total. The molecule has 21 heavy (non-hydrogen) atoms. The second-order valence-electron chi connectivity index (χ2n) is 5.44. The number of benzene rings is 1. The van der Waals surface area contributed by atoms with E-state index in [0.29, 0.717) is 13.2 Å². The van der Waals surface area contributed by atoms with Gasteiger partial charge < -0.3 is 19.9 Å². The molecular formula is C16H26N2O3. The molecule has 0 amide bonds.